The highest BCUT2D eigenvalue weighted by Gasteiger charge is 2.16. The lowest BCUT2D eigenvalue weighted by molar-refractivity contribution is 0.383. The van der Waals surface area contributed by atoms with Crippen LogP contribution in [0.25, 0.3) is 11.3 Å². The molecule has 0 fully saturated rings. The average molecular weight is 239 g/mol. The Bertz CT molecular complexity index is 566. The van der Waals surface area contributed by atoms with E-state index in [0.29, 0.717) is 11.3 Å². The fraction of sp³-hybridized carbons (Fsp3) is 0.182. The average Bonchev–Trinajstić information content (AvgIpc) is 2.63. The maximum atomic E-state index is 13.8. The van der Waals surface area contributed by atoms with Crippen molar-refractivity contribution in [2.45, 2.75) is 6.92 Å². The first-order valence-electron chi connectivity index (χ1n) is 4.88. The van der Waals surface area contributed by atoms with E-state index in [2.05, 4.69) is 14.9 Å². The van der Waals surface area contributed by atoms with Gasteiger partial charge in [0.1, 0.15) is 11.6 Å². The third-order valence-electron chi connectivity index (χ3n) is 2.56. The van der Waals surface area contributed by atoms with Gasteiger partial charge in [0, 0.05) is 17.2 Å². The van der Waals surface area contributed by atoms with E-state index >= 15 is 0 Å². The van der Waals surface area contributed by atoms with Crippen LogP contribution >= 0.6 is 0 Å². The molecule has 0 amide bonds. The number of anilines is 1. The molecular formula is C11H11F2N3O. The summed E-state index contributed by atoms with van der Waals surface area (Å²) in [5, 5.41) is 6.31. The summed E-state index contributed by atoms with van der Waals surface area (Å²) in [5.74, 6) is -1.13. The van der Waals surface area contributed by atoms with E-state index in [0.717, 1.165) is 12.1 Å². The maximum absolute atomic E-state index is 13.8. The van der Waals surface area contributed by atoms with Gasteiger partial charge in [0.15, 0.2) is 11.6 Å². The van der Waals surface area contributed by atoms with Crippen molar-refractivity contribution in [1.82, 2.24) is 10.2 Å². The zero-order chi connectivity index (χ0) is 12.6. The molecule has 0 atom stereocenters. The first-order chi connectivity index (χ1) is 8.04. The van der Waals surface area contributed by atoms with Gasteiger partial charge in [-0.05, 0) is 13.0 Å². The molecule has 0 aliphatic carbocycles. The number of hydrogen-bond donors (Lipinski definition) is 2. The van der Waals surface area contributed by atoms with Crippen molar-refractivity contribution in [3.63, 3.8) is 0 Å². The van der Waals surface area contributed by atoms with E-state index in [4.69, 9.17) is 5.73 Å². The number of aromatic amines is 1. The predicted molar refractivity (Wildman–Crippen MR) is 59.6 cm³/mol. The number of rotatable bonds is 2. The summed E-state index contributed by atoms with van der Waals surface area (Å²) in [6.07, 6.45) is 0. The van der Waals surface area contributed by atoms with Gasteiger partial charge in [0.2, 0.25) is 0 Å². The number of benzene rings is 1. The van der Waals surface area contributed by atoms with Gasteiger partial charge in [-0.3, -0.25) is 5.10 Å². The van der Waals surface area contributed by atoms with Gasteiger partial charge in [-0.15, -0.1) is 0 Å². The number of nitrogen functional groups attached to an aromatic ring is 1. The Morgan fingerprint density at radius 1 is 1.29 bits per heavy atom. The topological polar surface area (TPSA) is 63.9 Å². The molecule has 17 heavy (non-hydrogen) atoms. The Morgan fingerprint density at radius 3 is 2.53 bits per heavy atom. The Balaban J connectivity index is 2.60. The van der Waals surface area contributed by atoms with Gasteiger partial charge < -0.3 is 10.5 Å². The van der Waals surface area contributed by atoms with E-state index in [1.165, 1.54) is 7.11 Å². The molecule has 0 saturated carbocycles. The highest BCUT2D eigenvalue weighted by molar-refractivity contribution is 5.68. The summed E-state index contributed by atoms with van der Waals surface area (Å²) >= 11 is 0. The molecular weight excluding hydrogens is 228 g/mol. The number of methoxy groups -OCH3 is 1. The predicted octanol–water partition coefficient (Wildman–Crippen LogP) is 2.25. The summed E-state index contributed by atoms with van der Waals surface area (Å²) < 4.78 is 31.9. The van der Waals surface area contributed by atoms with Crippen LogP contribution in [-0.4, -0.2) is 17.3 Å². The zero-order valence-electron chi connectivity index (χ0n) is 9.34. The van der Waals surface area contributed by atoms with Gasteiger partial charge >= 0.3 is 0 Å². The molecule has 0 unspecified atom stereocenters. The van der Waals surface area contributed by atoms with E-state index in [1.54, 1.807) is 6.92 Å². The Kier molecular flexibility index (Phi) is 2.71. The van der Waals surface area contributed by atoms with Crippen molar-refractivity contribution >= 4 is 5.82 Å². The number of nitrogens with two attached hydrogens (primary N) is 1. The summed E-state index contributed by atoms with van der Waals surface area (Å²) in [7, 11) is 1.27. The van der Waals surface area contributed by atoms with Gasteiger partial charge in [0.05, 0.1) is 12.8 Å². The normalized spacial score (nSPS) is 10.6. The molecule has 0 spiro atoms. The third-order valence-corrected chi connectivity index (χ3v) is 2.56. The minimum Gasteiger partial charge on any atom is -0.494 e. The first-order valence-corrected chi connectivity index (χ1v) is 4.88. The third kappa shape index (κ3) is 1.82. The molecule has 1 aromatic carbocycles. The van der Waals surface area contributed by atoms with Crippen molar-refractivity contribution < 1.29 is 13.5 Å². The van der Waals surface area contributed by atoms with Crippen LogP contribution in [0.3, 0.4) is 0 Å². The molecule has 6 heteroatoms. The Labute approximate surface area is 96.4 Å². The lowest BCUT2D eigenvalue weighted by Gasteiger charge is -2.06. The van der Waals surface area contributed by atoms with Crippen LogP contribution in [-0.2, 0) is 0 Å². The Morgan fingerprint density at radius 2 is 2.00 bits per heavy atom. The maximum Gasteiger partial charge on any atom is 0.165 e. The smallest absolute Gasteiger partial charge is 0.165 e. The molecule has 90 valence electrons. The van der Waals surface area contributed by atoms with E-state index in [9.17, 15) is 8.78 Å². The lowest BCUT2D eigenvalue weighted by Crippen LogP contribution is -1.94. The highest BCUT2D eigenvalue weighted by atomic mass is 19.1. The summed E-state index contributed by atoms with van der Waals surface area (Å²) in [4.78, 5) is 0. The minimum absolute atomic E-state index is 0.0741. The molecule has 2 aromatic rings. The number of nitrogens with zero attached hydrogens (tertiary/aromatic N) is 1. The largest absolute Gasteiger partial charge is 0.494 e. The van der Waals surface area contributed by atoms with E-state index < -0.39 is 11.6 Å². The molecule has 0 saturated heterocycles. The fourth-order valence-corrected chi connectivity index (χ4v) is 1.55. The van der Waals surface area contributed by atoms with Crippen molar-refractivity contribution in [2.24, 2.45) is 0 Å². The van der Waals surface area contributed by atoms with Crippen LogP contribution in [0.4, 0.5) is 14.6 Å². The number of halogens is 2. The number of nitrogens with one attached hydrogen (secondary N) is 1. The molecule has 3 N–H and O–H groups in total. The van der Waals surface area contributed by atoms with Gasteiger partial charge in [-0.1, -0.05) is 0 Å². The van der Waals surface area contributed by atoms with E-state index in [1.807, 2.05) is 0 Å². The fourth-order valence-electron chi connectivity index (χ4n) is 1.55. The first kappa shape index (κ1) is 11.4. The van der Waals surface area contributed by atoms with Crippen molar-refractivity contribution in [3.05, 3.63) is 29.3 Å². The second-order valence-corrected chi connectivity index (χ2v) is 3.58. The van der Waals surface area contributed by atoms with Crippen molar-refractivity contribution in [3.8, 4) is 17.0 Å². The lowest BCUT2D eigenvalue weighted by atomic mass is 10.1. The number of ether oxygens (including phenoxy) is 1. The van der Waals surface area contributed by atoms with Crippen LogP contribution < -0.4 is 10.5 Å². The second kappa shape index (κ2) is 4.04. The molecule has 1 aromatic heterocycles. The van der Waals surface area contributed by atoms with E-state index in [-0.39, 0.29) is 17.1 Å². The SMILES string of the molecule is COc1cc(F)c(-c2[nH]nc(N)c2C)cc1F. The molecule has 0 radical (unpaired) electrons. The van der Waals surface area contributed by atoms with Crippen molar-refractivity contribution in [2.75, 3.05) is 12.8 Å². The van der Waals surface area contributed by atoms with Crippen LogP contribution in [0.5, 0.6) is 5.75 Å². The van der Waals surface area contributed by atoms with Crippen LogP contribution in [0.15, 0.2) is 12.1 Å². The molecule has 0 aliphatic heterocycles. The second-order valence-electron chi connectivity index (χ2n) is 3.58. The zero-order valence-corrected chi connectivity index (χ0v) is 9.34. The number of hydrogen-bond acceptors (Lipinski definition) is 3. The summed E-state index contributed by atoms with van der Waals surface area (Å²) in [6, 6.07) is 2.04. The van der Waals surface area contributed by atoms with Crippen LogP contribution in [0.2, 0.25) is 0 Å². The summed E-state index contributed by atoms with van der Waals surface area (Å²) in [6.45, 7) is 1.68. The molecule has 1 heterocycles. The molecule has 0 aliphatic rings. The molecule has 2 rings (SSSR count). The van der Waals surface area contributed by atoms with Crippen LogP contribution in [0, 0.1) is 18.6 Å². The minimum atomic E-state index is -0.642. The summed E-state index contributed by atoms with van der Waals surface area (Å²) in [5.41, 5.74) is 6.55. The quantitative estimate of drug-likeness (QED) is 0.844. The molecule has 4 nitrogen and oxygen atoms in total. The van der Waals surface area contributed by atoms with Gasteiger partial charge in [0.25, 0.3) is 0 Å². The van der Waals surface area contributed by atoms with Crippen molar-refractivity contribution in [1.29, 1.82) is 0 Å². The molecule has 0 bridgehead atoms. The Hall–Kier alpha value is -2.11. The van der Waals surface area contributed by atoms with Gasteiger partial charge in [-0.2, -0.15) is 5.10 Å². The number of aromatic nitrogens is 2. The highest BCUT2D eigenvalue weighted by Crippen LogP contribution is 2.30. The monoisotopic (exact) mass is 239 g/mol. The van der Waals surface area contributed by atoms with Gasteiger partial charge in [-0.25, -0.2) is 8.78 Å². The number of H-pyrrole nitrogens is 1. The van der Waals surface area contributed by atoms with Crippen LogP contribution in [0.1, 0.15) is 5.56 Å². The standard InChI is InChI=1S/C11H11F2N3O/c1-5-10(15-16-11(5)14)6-3-8(13)9(17-2)4-7(6)12/h3-4H,1-2H3,(H3,14,15,16).